The van der Waals surface area contributed by atoms with Crippen LogP contribution < -0.4 is 11.3 Å². The van der Waals surface area contributed by atoms with Gasteiger partial charge in [-0.25, -0.2) is 19.2 Å². The Bertz CT molecular complexity index is 535. The van der Waals surface area contributed by atoms with E-state index in [1.54, 1.807) is 17.8 Å². The largest absolute Gasteiger partial charge is 0.308 e. The van der Waals surface area contributed by atoms with Crippen LogP contribution in [0.15, 0.2) is 18.2 Å². The first kappa shape index (κ1) is 14.6. The lowest BCUT2D eigenvalue weighted by atomic mass is 10.3. The second-order valence-corrected chi connectivity index (χ2v) is 7.84. The van der Waals surface area contributed by atoms with Crippen molar-refractivity contribution in [3.05, 3.63) is 23.9 Å². The number of hydrogen-bond acceptors (Lipinski definition) is 7. The molecule has 0 saturated carbocycles. The highest BCUT2D eigenvalue weighted by Crippen LogP contribution is 2.22. The molecule has 19 heavy (non-hydrogen) atoms. The zero-order valence-electron chi connectivity index (χ0n) is 10.7. The van der Waals surface area contributed by atoms with E-state index in [4.69, 9.17) is 5.84 Å². The molecule has 1 aromatic heterocycles. The fourth-order valence-electron chi connectivity index (χ4n) is 2.05. The average molecular weight is 302 g/mol. The van der Waals surface area contributed by atoms with Crippen molar-refractivity contribution >= 4 is 27.4 Å². The minimum atomic E-state index is -3.07. The van der Waals surface area contributed by atoms with Crippen molar-refractivity contribution in [2.45, 2.75) is 11.9 Å². The van der Waals surface area contributed by atoms with Crippen molar-refractivity contribution in [2.75, 3.05) is 29.7 Å². The summed E-state index contributed by atoms with van der Waals surface area (Å²) in [5.74, 6) is 7.47. The smallest absolute Gasteiger partial charge is 0.164 e. The van der Waals surface area contributed by atoms with Crippen LogP contribution in [0, 0.1) is 0 Å². The zero-order valence-corrected chi connectivity index (χ0v) is 12.4. The van der Waals surface area contributed by atoms with E-state index in [0.29, 0.717) is 18.1 Å². The minimum absolute atomic E-state index is 0.428. The molecule has 3 N–H and O–H groups in total. The van der Waals surface area contributed by atoms with Gasteiger partial charge in [-0.15, -0.1) is 0 Å². The highest BCUT2D eigenvalue weighted by atomic mass is 32.2. The maximum Gasteiger partial charge on any atom is 0.164 e. The lowest BCUT2D eigenvalue weighted by molar-refractivity contribution is 0.259. The minimum Gasteiger partial charge on any atom is -0.308 e. The van der Waals surface area contributed by atoms with Crippen LogP contribution in [0.3, 0.4) is 0 Å². The van der Waals surface area contributed by atoms with Crippen LogP contribution in [0.5, 0.6) is 0 Å². The molecule has 1 aromatic rings. The molecule has 1 fully saturated rings. The quantitative estimate of drug-likeness (QED) is 0.610. The van der Waals surface area contributed by atoms with E-state index >= 15 is 0 Å². The topological polar surface area (TPSA) is 88.3 Å². The summed E-state index contributed by atoms with van der Waals surface area (Å²) in [7, 11) is -3.07. The van der Waals surface area contributed by atoms with Gasteiger partial charge in [0.15, 0.2) is 9.84 Å². The van der Waals surface area contributed by atoms with Gasteiger partial charge < -0.3 is 5.43 Å². The number of sulfone groups is 1. The van der Waals surface area contributed by atoms with Gasteiger partial charge in [-0.1, -0.05) is 6.07 Å². The number of nitrogens with two attached hydrogens (primary N) is 1. The normalized spacial score (nSPS) is 21.3. The second kappa shape index (κ2) is 6.08. The van der Waals surface area contributed by atoms with Crippen molar-refractivity contribution in [1.82, 2.24) is 9.88 Å². The second-order valence-electron chi connectivity index (χ2n) is 4.49. The molecule has 0 aliphatic carbocycles. The van der Waals surface area contributed by atoms with Gasteiger partial charge in [-0.2, -0.15) is 11.8 Å². The summed E-state index contributed by atoms with van der Waals surface area (Å²) in [6.07, 6.45) is 1.29. The Hall–Kier alpha value is -0.830. The summed E-state index contributed by atoms with van der Waals surface area (Å²) >= 11 is 1.68. The third-order valence-corrected chi connectivity index (χ3v) is 5.69. The first-order valence-electron chi connectivity index (χ1n) is 5.94. The van der Waals surface area contributed by atoms with Crippen molar-refractivity contribution in [3.63, 3.8) is 0 Å². The number of aromatic nitrogens is 1. The molecule has 0 bridgehead atoms. The van der Waals surface area contributed by atoms with Crippen LogP contribution in [-0.2, 0) is 16.4 Å². The van der Waals surface area contributed by atoms with E-state index < -0.39 is 15.2 Å². The molecular formula is C11H18N4O2S2. The molecule has 2 rings (SSSR count). The molecule has 0 amide bonds. The van der Waals surface area contributed by atoms with E-state index in [0.717, 1.165) is 18.0 Å². The Kier molecular flexibility index (Phi) is 4.67. The molecular weight excluding hydrogens is 284 g/mol. The zero-order chi connectivity index (χ0) is 13.9. The maximum absolute atomic E-state index is 11.8. The van der Waals surface area contributed by atoms with Crippen molar-refractivity contribution in [3.8, 4) is 0 Å². The summed E-state index contributed by atoms with van der Waals surface area (Å²) in [5.41, 5.74) is 3.31. The number of thioether (sulfide) groups is 1. The van der Waals surface area contributed by atoms with Crippen LogP contribution in [0.2, 0.25) is 0 Å². The monoisotopic (exact) mass is 302 g/mol. The third kappa shape index (κ3) is 3.82. The number of hydrazine groups is 1. The Morgan fingerprint density at radius 2 is 2.37 bits per heavy atom. The lowest BCUT2D eigenvalue weighted by Gasteiger charge is -2.33. The van der Waals surface area contributed by atoms with Crippen LogP contribution in [0.4, 0.5) is 5.82 Å². The van der Waals surface area contributed by atoms with Gasteiger partial charge in [0.25, 0.3) is 0 Å². The van der Waals surface area contributed by atoms with Crippen LogP contribution in [-0.4, -0.2) is 48.0 Å². The summed E-state index contributed by atoms with van der Waals surface area (Å²) < 4.78 is 23.6. The van der Waals surface area contributed by atoms with E-state index in [-0.39, 0.29) is 0 Å². The van der Waals surface area contributed by atoms with Crippen molar-refractivity contribution < 1.29 is 8.42 Å². The van der Waals surface area contributed by atoms with Gasteiger partial charge in [0.1, 0.15) is 11.2 Å². The van der Waals surface area contributed by atoms with Gasteiger partial charge in [-0.05, 0) is 12.1 Å². The molecule has 1 atom stereocenters. The fourth-order valence-corrected chi connectivity index (χ4v) is 4.99. The summed E-state index contributed by atoms with van der Waals surface area (Å²) in [4.78, 5) is 6.29. The molecule has 106 valence electrons. The number of nitrogens with one attached hydrogen (secondary N) is 1. The average Bonchev–Trinajstić information content (AvgIpc) is 2.38. The van der Waals surface area contributed by atoms with Crippen molar-refractivity contribution in [1.29, 1.82) is 0 Å². The number of hydrogen-bond donors (Lipinski definition) is 2. The summed E-state index contributed by atoms with van der Waals surface area (Å²) in [6, 6.07) is 5.50. The SMILES string of the molecule is CS(=O)(=O)C1CSCCN1Cc1cccc(NN)n1. The molecule has 1 unspecified atom stereocenters. The Balaban J connectivity index is 2.15. The highest BCUT2D eigenvalue weighted by Gasteiger charge is 2.31. The lowest BCUT2D eigenvalue weighted by Crippen LogP contribution is -2.46. The van der Waals surface area contributed by atoms with Gasteiger partial charge in [0.05, 0.1) is 5.69 Å². The fraction of sp³-hybridized carbons (Fsp3) is 0.545. The van der Waals surface area contributed by atoms with Gasteiger partial charge >= 0.3 is 0 Å². The van der Waals surface area contributed by atoms with Crippen LogP contribution in [0.1, 0.15) is 5.69 Å². The molecule has 1 saturated heterocycles. The Labute approximate surface area is 117 Å². The number of nitrogens with zero attached hydrogens (tertiary/aromatic N) is 2. The molecule has 0 radical (unpaired) electrons. The predicted octanol–water partition coefficient (Wildman–Crippen LogP) is 0.287. The first-order chi connectivity index (χ1) is 9.00. The van der Waals surface area contributed by atoms with Crippen molar-refractivity contribution in [2.24, 2.45) is 5.84 Å². The molecule has 2 heterocycles. The van der Waals surface area contributed by atoms with E-state index in [1.807, 2.05) is 17.0 Å². The molecule has 6 nitrogen and oxygen atoms in total. The van der Waals surface area contributed by atoms with E-state index in [9.17, 15) is 8.42 Å². The molecule has 0 spiro atoms. The van der Waals surface area contributed by atoms with Gasteiger partial charge in [0.2, 0.25) is 0 Å². The number of anilines is 1. The van der Waals surface area contributed by atoms with Crippen LogP contribution in [0.25, 0.3) is 0 Å². The van der Waals surface area contributed by atoms with Gasteiger partial charge in [0, 0.05) is 30.9 Å². The molecule has 1 aliphatic heterocycles. The number of pyridine rings is 1. The van der Waals surface area contributed by atoms with E-state index in [1.165, 1.54) is 6.26 Å². The maximum atomic E-state index is 11.8. The molecule has 8 heteroatoms. The van der Waals surface area contributed by atoms with Gasteiger partial charge in [-0.3, -0.25) is 4.90 Å². The Morgan fingerprint density at radius 1 is 1.58 bits per heavy atom. The number of rotatable bonds is 4. The Morgan fingerprint density at radius 3 is 3.05 bits per heavy atom. The summed E-state index contributed by atoms with van der Waals surface area (Å²) in [6.45, 7) is 1.28. The summed E-state index contributed by atoms with van der Waals surface area (Å²) in [5, 5.41) is -0.428. The van der Waals surface area contributed by atoms with E-state index in [2.05, 4.69) is 10.4 Å². The molecule has 0 aromatic carbocycles. The standard InChI is InChI=1S/C11H18N4O2S2/c1-19(16,17)11-8-18-6-5-15(11)7-9-3-2-4-10(13-9)14-12/h2-4,11H,5-8,12H2,1H3,(H,13,14). The van der Waals surface area contributed by atoms with Crippen LogP contribution >= 0.6 is 11.8 Å². The third-order valence-electron chi connectivity index (χ3n) is 3.00. The number of nitrogen functional groups attached to an aromatic ring is 1. The highest BCUT2D eigenvalue weighted by molar-refractivity contribution is 8.00. The molecule has 1 aliphatic rings. The predicted molar refractivity (Wildman–Crippen MR) is 78.4 cm³/mol. The first-order valence-corrected chi connectivity index (χ1v) is 9.05.